The van der Waals surface area contributed by atoms with Gasteiger partial charge in [-0.05, 0) is 50.7 Å². The maximum absolute atomic E-state index is 13.6. The molecule has 8 heteroatoms. The summed E-state index contributed by atoms with van der Waals surface area (Å²) in [5.74, 6) is -0.210. The number of nitrogens with zero attached hydrogens (tertiary/aromatic N) is 2. The van der Waals surface area contributed by atoms with E-state index in [4.69, 9.17) is 16.9 Å². The number of nitriles is 1. The number of anilines is 1. The molecule has 2 bridgehead atoms. The lowest BCUT2D eigenvalue weighted by Gasteiger charge is -2.52. The minimum absolute atomic E-state index is 0.00291. The number of amides is 2. The number of alkyl halides is 1. The Morgan fingerprint density at radius 3 is 2.50 bits per heavy atom. The van der Waals surface area contributed by atoms with Crippen LogP contribution in [-0.2, 0) is 9.59 Å². The molecule has 4 aliphatic rings. The number of hydrogen-bond donors (Lipinski definition) is 2. The number of halogens is 2. The predicted molar refractivity (Wildman–Crippen MR) is 112 cm³/mol. The van der Waals surface area contributed by atoms with E-state index in [9.17, 15) is 14.0 Å². The van der Waals surface area contributed by atoms with E-state index in [1.54, 1.807) is 12.1 Å². The zero-order valence-electron chi connectivity index (χ0n) is 16.8. The highest BCUT2D eigenvalue weighted by atomic mass is 35.5. The van der Waals surface area contributed by atoms with E-state index in [0.29, 0.717) is 10.7 Å². The number of nitrogens with one attached hydrogen (secondary N) is 2. The van der Waals surface area contributed by atoms with Crippen LogP contribution in [0.4, 0.5) is 10.1 Å². The van der Waals surface area contributed by atoms with E-state index in [2.05, 4.69) is 10.6 Å². The zero-order valence-corrected chi connectivity index (χ0v) is 17.6. The first-order valence-electron chi connectivity index (χ1n) is 10.5. The summed E-state index contributed by atoms with van der Waals surface area (Å²) in [7, 11) is 0. The average molecular weight is 433 g/mol. The molecule has 0 spiro atoms. The molecule has 6 nitrogen and oxygen atoms in total. The van der Waals surface area contributed by atoms with Crippen LogP contribution in [0.5, 0.6) is 0 Å². The minimum atomic E-state index is -1.13. The van der Waals surface area contributed by atoms with Gasteiger partial charge in [0.2, 0.25) is 11.8 Å². The third-order valence-corrected chi connectivity index (χ3v) is 7.51. The number of carbonyl (C=O) groups excluding carboxylic acids is 2. The van der Waals surface area contributed by atoms with Crippen molar-refractivity contribution in [3.05, 3.63) is 29.3 Å². The van der Waals surface area contributed by atoms with Crippen LogP contribution < -0.4 is 10.6 Å². The molecule has 2 N–H and O–H groups in total. The van der Waals surface area contributed by atoms with Gasteiger partial charge in [-0.2, -0.15) is 5.26 Å². The van der Waals surface area contributed by atoms with E-state index in [-0.39, 0.29) is 36.9 Å². The number of benzene rings is 1. The number of carbonyl (C=O) groups is 2. The Bertz CT molecular complexity index is 862. The van der Waals surface area contributed by atoms with E-state index in [1.807, 2.05) is 18.2 Å². The van der Waals surface area contributed by atoms with Crippen molar-refractivity contribution in [2.45, 2.75) is 62.7 Å². The van der Waals surface area contributed by atoms with Crippen molar-refractivity contribution in [2.24, 2.45) is 5.41 Å². The van der Waals surface area contributed by atoms with Gasteiger partial charge in [0.15, 0.2) is 0 Å². The van der Waals surface area contributed by atoms with Gasteiger partial charge in [0.1, 0.15) is 12.2 Å². The molecule has 1 aromatic rings. The standard InChI is InChI=1S/C22H26ClFN4O2/c23-17-3-1-2-4-18(17)27-20(30)21-5-8-22(9-6-21,10-7-21)26-13-19(29)28-14-15(24)11-16(28)12-25/h1-4,15-16,26H,5-11,13-14H2,(H,27,30)/t15-,16?,21?,22?/m0/s1. The molecule has 2 atom stereocenters. The molecular weight excluding hydrogens is 407 g/mol. The predicted octanol–water partition coefficient (Wildman–Crippen LogP) is 3.42. The van der Waals surface area contributed by atoms with Crippen LogP contribution in [-0.4, -0.2) is 47.6 Å². The number of likely N-dealkylation sites (tertiary alicyclic amines) is 1. The number of para-hydroxylation sites is 1. The Balaban J connectivity index is 1.33. The molecule has 3 saturated carbocycles. The highest BCUT2D eigenvalue weighted by molar-refractivity contribution is 6.33. The molecule has 3 aliphatic carbocycles. The second-order valence-electron chi connectivity index (χ2n) is 8.87. The quantitative estimate of drug-likeness (QED) is 0.746. The van der Waals surface area contributed by atoms with Gasteiger partial charge in [0, 0.05) is 17.4 Å². The van der Waals surface area contributed by atoms with Gasteiger partial charge in [-0.25, -0.2) is 4.39 Å². The monoisotopic (exact) mass is 432 g/mol. The first-order valence-corrected chi connectivity index (χ1v) is 10.9. The first kappa shape index (κ1) is 21.1. The van der Waals surface area contributed by atoms with Gasteiger partial charge in [-0.15, -0.1) is 0 Å². The molecule has 1 aromatic carbocycles. The summed E-state index contributed by atoms with van der Waals surface area (Å²) in [5, 5.41) is 16.1. The van der Waals surface area contributed by atoms with Crippen LogP contribution in [0.3, 0.4) is 0 Å². The van der Waals surface area contributed by atoms with Crippen LogP contribution in [0.25, 0.3) is 0 Å². The average Bonchev–Trinajstić information content (AvgIpc) is 3.16. The Kier molecular flexibility index (Phi) is 5.73. The molecule has 30 heavy (non-hydrogen) atoms. The molecule has 1 heterocycles. The van der Waals surface area contributed by atoms with Gasteiger partial charge in [0.25, 0.3) is 0 Å². The van der Waals surface area contributed by atoms with Crippen molar-refractivity contribution in [3.8, 4) is 6.07 Å². The van der Waals surface area contributed by atoms with Crippen LogP contribution in [0.15, 0.2) is 24.3 Å². The summed E-state index contributed by atoms with van der Waals surface area (Å²) in [6.45, 7) is 0.0980. The maximum Gasteiger partial charge on any atom is 0.237 e. The SMILES string of the molecule is N#CC1C[C@H](F)CN1C(=O)CNC12CCC(C(=O)Nc3ccccc3Cl)(CC1)CC2. The number of fused-ring (bicyclic) bond motifs is 3. The molecule has 1 saturated heterocycles. The van der Waals surface area contributed by atoms with Gasteiger partial charge in [0.05, 0.1) is 29.9 Å². The molecule has 5 rings (SSSR count). The molecule has 0 aromatic heterocycles. The summed E-state index contributed by atoms with van der Waals surface area (Å²) in [5.41, 5.74) is 0.0713. The maximum atomic E-state index is 13.6. The smallest absolute Gasteiger partial charge is 0.237 e. The normalized spacial score (nSPS) is 32.6. The Hall–Kier alpha value is -2.17. The lowest BCUT2D eigenvalue weighted by Crippen LogP contribution is -2.59. The fraction of sp³-hybridized carbons (Fsp3) is 0.591. The molecule has 160 valence electrons. The van der Waals surface area contributed by atoms with Gasteiger partial charge < -0.3 is 15.5 Å². The van der Waals surface area contributed by atoms with Gasteiger partial charge >= 0.3 is 0 Å². The molecule has 1 aliphatic heterocycles. The third kappa shape index (κ3) is 3.91. The minimum Gasteiger partial charge on any atom is -0.324 e. The summed E-state index contributed by atoms with van der Waals surface area (Å²) in [4.78, 5) is 26.9. The summed E-state index contributed by atoms with van der Waals surface area (Å²) < 4.78 is 13.6. The molecule has 2 amide bonds. The fourth-order valence-corrected chi connectivity index (χ4v) is 5.34. The number of hydrogen-bond acceptors (Lipinski definition) is 4. The van der Waals surface area contributed by atoms with E-state index in [0.717, 1.165) is 38.5 Å². The molecule has 4 fully saturated rings. The Labute approximate surface area is 180 Å². The fourth-order valence-electron chi connectivity index (χ4n) is 5.16. The topological polar surface area (TPSA) is 85.2 Å². The lowest BCUT2D eigenvalue weighted by atomic mass is 9.57. The van der Waals surface area contributed by atoms with Crippen LogP contribution in [0.1, 0.15) is 44.9 Å². The van der Waals surface area contributed by atoms with Crippen molar-refractivity contribution in [2.75, 3.05) is 18.4 Å². The molecular formula is C22H26ClFN4O2. The van der Waals surface area contributed by atoms with Crippen molar-refractivity contribution < 1.29 is 14.0 Å². The molecule has 1 unspecified atom stereocenters. The van der Waals surface area contributed by atoms with Crippen LogP contribution in [0, 0.1) is 16.7 Å². The van der Waals surface area contributed by atoms with Crippen LogP contribution >= 0.6 is 11.6 Å². The van der Waals surface area contributed by atoms with Crippen molar-refractivity contribution in [1.82, 2.24) is 10.2 Å². The third-order valence-electron chi connectivity index (χ3n) is 7.18. The summed E-state index contributed by atoms with van der Waals surface area (Å²) in [6, 6.07) is 8.57. The number of rotatable bonds is 5. The van der Waals surface area contributed by atoms with Gasteiger partial charge in [-0.1, -0.05) is 23.7 Å². The van der Waals surface area contributed by atoms with E-state index >= 15 is 0 Å². The summed E-state index contributed by atoms with van der Waals surface area (Å²) in [6.07, 6.45) is 3.65. The Morgan fingerprint density at radius 1 is 1.20 bits per heavy atom. The second kappa shape index (κ2) is 8.16. The van der Waals surface area contributed by atoms with Crippen molar-refractivity contribution >= 4 is 29.1 Å². The highest BCUT2D eigenvalue weighted by Crippen LogP contribution is 2.53. The first-order chi connectivity index (χ1) is 14.4. The largest absolute Gasteiger partial charge is 0.324 e. The van der Waals surface area contributed by atoms with Gasteiger partial charge in [-0.3, -0.25) is 9.59 Å². The van der Waals surface area contributed by atoms with Crippen molar-refractivity contribution in [1.29, 1.82) is 5.26 Å². The zero-order chi connectivity index (χ0) is 21.4. The lowest BCUT2D eigenvalue weighted by molar-refractivity contribution is -0.135. The second-order valence-corrected chi connectivity index (χ2v) is 9.28. The van der Waals surface area contributed by atoms with E-state index < -0.39 is 17.6 Å². The Morgan fingerprint density at radius 2 is 1.87 bits per heavy atom. The summed E-state index contributed by atoms with van der Waals surface area (Å²) >= 11 is 6.18. The van der Waals surface area contributed by atoms with Crippen LogP contribution in [0.2, 0.25) is 5.02 Å². The highest BCUT2D eigenvalue weighted by Gasteiger charge is 2.52. The van der Waals surface area contributed by atoms with Crippen molar-refractivity contribution in [3.63, 3.8) is 0 Å². The molecule has 0 radical (unpaired) electrons. The van der Waals surface area contributed by atoms with E-state index in [1.165, 1.54) is 4.90 Å².